The average molecular weight is 496 g/mol. The third-order valence-corrected chi connectivity index (χ3v) is 7.98. The summed E-state index contributed by atoms with van der Waals surface area (Å²) in [7, 11) is 1.19. The van der Waals surface area contributed by atoms with Crippen LogP contribution in [0.5, 0.6) is 5.75 Å². The van der Waals surface area contributed by atoms with E-state index >= 15 is 0 Å². The van der Waals surface area contributed by atoms with Crippen molar-refractivity contribution in [2.24, 2.45) is 17.8 Å². The molecule has 4 atom stereocenters. The first-order valence-electron chi connectivity index (χ1n) is 13.0. The number of benzene rings is 1. The van der Waals surface area contributed by atoms with E-state index in [9.17, 15) is 19.5 Å². The van der Waals surface area contributed by atoms with Crippen molar-refractivity contribution in [3.63, 3.8) is 0 Å². The molecule has 7 heteroatoms. The monoisotopic (exact) mass is 495 g/mol. The summed E-state index contributed by atoms with van der Waals surface area (Å²) in [5.41, 5.74) is 6.49. The Labute approximate surface area is 213 Å². The molecule has 1 aromatic carbocycles. The number of phenols is 1. The Morgan fingerprint density at radius 2 is 1.86 bits per heavy atom. The van der Waals surface area contributed by atoms with E-state index in [1.54, 1.807) is 0 Å². The van der Waals surface area contributed by atoms with Crippen molar-refractivity contribution < 1.29 is 29.0 Å². The van der Waals surface area contributed by atoms with Gasteiger partial charge in [-0.2, -0.15) is 4.90 Å². The lowest BCUT2D eigenvalue weighted by Crippen LogP contribution is -2.38. The summed E-state index contributed by atoms with van der Waals surface area (Å²) in [6, 6.07) is 4.00. The number of rotatable bonds is 7. The van der Waals surface area contributed by atoms with Gasteiger partial charge in [0.25, 0.3) is 0 Å². The second-order valence-electron chi connectivity index (χ2n) is 10.3. The van der Waals surface area contributed by atoms with Gasteiger partial charge in [0.2, 0.25) is 11.8 Å². The molecule has 0 aromatic heterocycles. The molecule has 194 valence electrons. The molecule has 1 N–H and O–H groups in total. The van der Waals surface area contributed by atoms with Gasteiger partial charge in [0.05, 0.1) is 31.7 Å². The molecule has 2 fully saturated rings. The van der Waals surface area contributed by atoms with Crippen LogP contribution in [0.1, 0.15) is 69.1 Å². The Kier molecular flexibility index (Phi) is 7.69. The topological polar surface area (TPSA) is 93.1 Å². The van der Waals surface area contributed by atoms with Crippen molar-refractivity contribution in [3.05, 3.63) is 45.5 Å². The first kappa shape index (κ1) is 26.1. The van der Waals surface area contributed by atoms with Crippen molar-refractivity contribution in [2.75, 3.05) is 13.7 Å². The van der Waals surface area contributed by atoms with Crippen molar-refractivity contribution in [1.82, 2.24) is 4.90 Å². The highest BCUT2D eigenvalue weighted by Crippen LogP contribution is 2.50. The number of hydrogen-bond donors (Lipinski definition) is 1. The minimum atomic E-state index is -0.897. The van der Waals surface area contributed by atoms with E-state index in [-0.39, 0.29) is 12.0 Å². The summed E-state index contributed by atoms with van der Waals surface area (Å²) in [6.07, 6.45) is 6.07. The number of imide groups is 3. The fourth-order valence-electron chi connectivity index (χ4n) is 6.26. The molecule has 0 unspecified atom stereocenters. The Morgan fingerprint density at radius 3 is 2.47 bits per heavy atom. The normalized spacial score (nSPS) is 25.9. The number of methoxy groups -OCH3 is 1. The van der Waals surface area contributed by atoms with E-state index in [2.05, 4.69) is 19.9 Å². The number of carbonyl (C=O) groups is 3. The lowest BCUT2D eigenvalue weighted by Gasteiger charge is -2.31. The third kappa shape index (κ3) is 4.61. The zero-order chi connectivity index (χ0) is 26.1. The zero-order valence-electron chi connectivity index (χ0n) is 21.9. The van der Waals surface area contributed by atoms with E-state index in [0.29, 0.717) is 23.7 Å². The van der Waals surface area contributed by atoms with Crippen molar-refractivity contribution >= 4 is 24.0 Å². The van der Waals surface area contributed by atoms with E-state index in [0.717, 1.165) is 48.8 Å². The number of allylic oxidation sites excluding steroid dienone is 2. The van der Waals surface area contributed by atoms with Crippen LogP contribution >= 0.6 is 0 Å². The predicted molar refractivity (Wildman–Crippen MR) is 136 cm³/mol. The number of amides is 3. The minimum Gasteiger partial charge on any atom is -0.507 e. The SMILES string of the molecule is CCCC1=C2[C@@H](CC/C(=C/c3cc(C)c(O)c(C)c3)CC)OC[C@@H]2[C@@H]2C(=O)N(C(=O)OC)C(=O)[C@@H]2C1. The summed E-state index contributed by atoms with van der Waals surface area (Å²) in [6.45, 7) is 8.46. The molecule has 2 aliphatic heterocycles. The second-order valence-corrected chi connectivity index (χ2v) is 10.3. The van der Waals surface area contributed by atoms with Gasteiger partial charge in [0, 0.05) is 5.92 Å². The van der Waals surface area contributed by atoms with Crippen LogP contribution in [-0.4, -0.2) is 47.7 Å². The fourth-order valence-corrected chi connectivity index (χ4v) is 6.26. The lowest BCUT2D eigenvalue weighted by molar-refractivity contribution is -0.137. The molecule has 36 heavy (non-hydrogen) atoms. The molecule has 1 aromatic rings. The quantitative estimate of drug-likeness (QED) is 0.399. The average Bonchev–Trinajstić information content (AvgIpc) is 3.38. The zero-order valence-corrected chi connectivity index (χ0v) is 21.9. The summed E-state index contributed by atoms with van der Waals surface area (Å²) in [4.78, 5) is 39.0. The van der Waals surface area contributed by atoms with Gasteiger partial charge in [-0.1, -0.05) is 37.5 Å². The number of carbonyl (C=O) groups excluding carboxylic acids is 3. The van der Waals surface area contributed by atoms with Gasteiger partial charge in [-0.05, 0) is 80.3 Å². The number of likely N-dealkylation sites (tertiary alicyclic amines) is 1. The molecule has 1 aliphatic carbocycles. The predicted octanol–water partition coefficient (Wildman–Crippen LogP) is 5.47. The standard InChI is InChI=1S/C29H37NO6/c1-6-8-20-14-21-25(28(33)30(27(21)32)29(34)35-5)22-15-36-23(24(20)22)10-9-18(7-2)13-19-11-16(3)26(31)17(4)12-19/h11-13,21-23,25,31H,6-10,14-15H2,1-5H3/b18-13+/t21-,22+,23-,25-/m1/s1. The highest BCUT2D eigenvalue weighted by atomic mass is 16.5. The lowest BCUT2D eigenvalue weighted by atomic mass is 9.68. The van der Waals surface area contributed by atoms with Gasteiger partial charge in [-0.15, -0.1) is 0 Å². The summed E-state index contributed by atoms with van der Waals surface area (Å²) < 4.78 is 11.0. The van der Waals surface area contributed by atoms with E-state index < -0.39 is 29.7 Å². The molecule has 0 bridgehead atoms. The third-order valence-electron chi connectivity index (χ3n) is 7.98. The van der Waals surface area contributed by atoms with Gasteiger partial charge >= 0.3 is 6.09 Å². The maximum atomic E-state index is 13.2. The molecular weight excluding hydrogens is 458 g/mol. The number of hydrogen-bond acceptors (Lipinski definition) is 6. The van der Waals surface area contributed by atoms with Crippen LogP contribution in [0.15, 0.2) is 28.9 Å². The van der Waals surface area contributed by atoms with Crippen LogP contribution in [0.4, 0.5) is 4.79 Å². The van der Waals surface area contributed by atoms with Crippen LogP contribution < -0.4 is 0 Å². The molecule has 0 saturated carbocycles. The van der Waals surface area contributed by atoms with Crippen molar-refractivity contribution in [2.45, 2.75) is 72.3 Å². The smallest absolute Gasteiger partial charge is 0.423 e. The van der Waals surface area contributed by atoms with Gasteiger partial charge < -0.3 is 14.6 Å². The van der Waals surface area contributed by atoms with Crippen molar-refractivity contribution in [3.8, 4) is 5.75 Å². The fraction of sp³-hybridized carbons (Fsp3) is 0.552. The van der Waals surface area contributed by atoms with Crippen LogP contribution in [0.3, 0.4) is 0 Å². The van der Waals surface area contributed by atoms with Crippen LogP contribution in [0.2, 0.25) is 0 Å². The first-order chi connectivity index (χ1) is 17.2. The second kappa shape index (κ2) is 10.6. The van der Waals surface area contributed by atoms with E-state index in [1.165, 1.54) is 23.8 Å². The van der Waals surface area contributed by atoms with Gasteiger partial charge in [0.1, 0.15) is 5.75 Å². The number of phenolic OH excluding ortho intramolecular Hbond substituents is 1. The summed E-state index contributed by atoms with van der Waals surface area (Å²) >= 11 is 0. The molecule has 0 spiro atoms. The first-order valence-corrected chi connectivity index (χ1v) is 13.0. The molecule has 2 saturated heterocycles. The number of nitrogens with zero attached hydrogens (tertiary/aromatic N) is 1. The number of aryl methyl sites for hydroxylation is 2. The highest BCUT2D eigenvalue weighted by Gasteiger charge is 2.58. The van der Waals surface area contributed by atoms with Crippen LogP contribution in [-0.2, 0) is 19.1 Å². The molecule has 2 heterocycles. The van der Waals surface area contributed by atoms with E-state index in [4.69, 9.17) is 9.47 Å². The molecule has 4 rings (SSSR count). The van der Waals surface area contributed by atoms with Gasteiger partial charge in [0.15, 0.2) is 0 Å². The molecule has 7 nitrogen and oxygen atoms in total. The Balaban J connectivity index is 1.56. The molecule has 3 amide bonds. The maximum absolute atomic E-state index is 13.2. The van der Waals surface area contributed by atoms with Crippen molar-refractivity contribution in [1.29, 1.82) is 0 Å². The Morgan fingerprint density at radius 1 is 1.17 bits per heavy atom. The van der Waals surface area contributed by atoms with Gasteiger partial charge in [-0.3, -0.25) is 9.59 Å². The maximum Gasteiger partial charge on any atom is 0.423 e. The molecule has 0 radical (unpaired) electrons. The summed E-state index contributed by atoms with van der Waals surface area (Å²) in [5, 5.41) is 10.1. The van der Waals surface area contributed by atoms with E-state index in [1.807, 2.05) is 26.0 Å². The van der Waals surface area contributed by atoms with Gasteiger partial charge in [-0.25, -0.2) is 4.79 Å². The largest absolute Gasteiger partial charge is 0.507 e. The number of fused-ring (bicyclic) bond motifs is 3. The minimum absolute atomic E-state index is 0.0918. The molecule has 3 aliphatic rings. The van der Waals surface area contributed by atoms with Crippen LogP contribution in [0, 0.1) is 31.6 Å². The van der Waals surface area contributed by atoms with Crippen LogP contribution in [0.25, 0.3) is 6.08 Å². The summed E-state index contributed by atoms with van der Waals surface area (Å²) in [5.74, 6) is -1.79. The number of ether oxygens (including phenoxy) is 2. The Bertz CT molecular complexity index is 1110. The number of aromatic hydroxyl groups is 1. The molecular formula is C29H37NO6. The highest BCUT2D eigenvalue weighted by molar-refractivity contribution is 6.16. The Hall–Kier alpha value is -2.93.